The molecular weight excluding hydrogens is 486 g/mol. The van der Waals surface area contributed by atoms with E-state index in [1.54, 1.807) is 0 Å². The summed E-state index contributed by atoms with van der Waals surface area (Å²) in [6.07, 6.45) is 4.26. The van der Waals surface area contributed by atoms with Crippen LogP contribution >= 0.6 is 0 Å². The quantitative estimate of drug-likeness (QED) is 0.580. The number of aromatic nitrogens is 1. The Labute approximate surface area is 154 Å². The molecule has 0 fully saturated rings. The van der Waals surface area contributed by atoms with Gasteiger partial charge in [-0.3, -0.25) is 8.78 Å². The summed E-state index contributed by atoms with van der Waals surface area (Å²) in [4.78, 5) is 7.02. The van der Waals surface area contributed by atoms with Crippen molar-refractivity contribution >= 4 is 5.69 Å². The molecule has 2 nitrogen and oxygen atoms in total. The smallest absolute Gasteiger partial charge is 0.0408 e. The van der Waals surface area contributed by atoms with Gasteiger partial charge in [-0.05, 0) is 55.8 Å². The van der Waals surface area contributed by atoms with Crippen molar-refractivity contribution in [3.05, 3.63) is 53.6 Å². The van der Waals surface area contributed by atoms with Gasteiger partial charge in [-0.25, -0.2) is 0 Å². The molecule has 0 saturated heterocycles. The van der Waals surface area contributed by atoms with E-state index in [1.807, 2.05) is 0 Å². The van der Waals surface area contributed by atoms with Crippen molar-refractivity contribution in [1.82, 2.24) is 4.98 Å². The van der Waals surface area contributed by atoms with Crippen molar-refractivity contribution < 1.29 is 28.9 Å². The molecule has 5 heteroatoms. The van der Waals surface area contributed by atoms with Crippen LogP contribution in [0.15, 0.2) is 12.1 Å². The van der Waals surface area contributed by atoms with E-state index in [0.717, 1.165) is 62.2 Å². The van der Waals surface area contributed by atoms with Crippen molar-refractivity contribution in [3.63, 3.8) is 0 Å². The Kier molecular flexibility index (Phi) is 5.02. The van der Waals surface area contributed by atoms with Gasteiger partial charge in [0, 0.05) is 56.2 Å². The molecule has 2 aromatic rings. The maximum absolute atomic E-state index is 14.3. The number of pyridine rings is 1. The SMILES string of the molecule is [CH]Cc1nc(-c2[c-]cc(F)cc2F)c2c3c1CCCN3CCC2.[Ir]. The van der Waals surface area contributed by atoms with Crippen LogP contribution in [-0.2, 0) is 39.4 Å². The van der Waals surface area contributed by atoms with Crippen molar-refractivity contribution in [3.8, 4) is 11.3 Å². The van der Waals surface area contributed by atoms with Gasteiger partial charge in [0.05, 0.1) is 0 Å². The van der Waals surface area contributed by atoms with Crippen molar-refractivity contribution in [1.29, 1.82) is 0 Å². The van der Waals surface area contributed by atoms with Gasteiger partial charge in [0.15, 0.2) is 0 Å². The minimum absolute atomic E-state index is 0. The summed E-state index contributed by atoms with van der Waals surface area (Å²) in [5.41, 5.74) is 5.09. The van der Waals surface area contributed by atoms with Gasteiger partial charge in [0.2, 0.25) is 0 Å². The van der Waals surface area contributed by atoms with E-state index >= 15 is 0 Å². The number of nitrogens with zero attached hydrogens (tertiary/aromatic N) is 2. The fourth-order valence-electron chi connectivity index (χ4n) is 3.81. The molecule has 1 aromatic carbocycles. The molecule has 0 N–H and O–H groups in total. The molecule has 0 amide bonds. The van der Waals surface area contributed by atoms with E-state index in [4.69, 9.17) is 6.92 Å². The standard InChI is InChI=1S/C19H17F2N2.Ir/c1-2-17-14-5-3-9-23-10-4-6-15(19(14)23)18(22-17)13-8-7-12(20)11-16(13)21;/h1,7,11H,2-6,9-10H2;/q-1;. The predicted octanol–water partition coefficient (Wildman–Crippen LogP) is 3.78. The normalized spacial score (nSPS) is 15.7. The summed E-state index contributed by atoms with van der Waals surface area (Å²) < 4.78 is 27.5. The van der Waals surface area contributed by atoms with Crippen LogP contribution in [0, 0.1) is 24.6 Å². The minimum atomic E-state index is -0.626. The first kappa shape index (κ1) is 17.5. The first-order chi connectivity index (χ1) is 11.2. The zero-order chi connectivity index (χ0) is 16.0. The number of benzene rings is 1. The molecule has 127 valence electrons. The largest absolute Gasteiger partial charge is 0.372 e. The fraction of sp³-hybridized carbons (Fsp3) is 0.368. The number of halogens is 2. The van der Waals surface area contributed by atoms with Crippen LogP contribution in [0.1, 0.15) is 29.7 Å². The average molecular weight is 504 g/mol. The zero-order valence-corrected chi connectivity index (χ0v) is 15.6. The number of hydrogen-bond acceptors (Lipinski definition) is 2. The van der Waals surface area contributed by atoms with Gasteiger partial charge in [0.1, 0.15) is 0 Å². The third kappa shape index (κ3) is 2.78. The second-order valence-electron chi connectivity index (χ2n) is 6.15. The Morgan fingerprint density at radius 3 is 2.54 bits per heavy atom. The molecule has 0 atom stereocenters. The van der Waals surface area contributed by atoms with E-state index in [2.05, 4.69) is 16.0 Å². The molecule has 3 radical (unpaired) electrons. The molecule has 1 aromatic heterocycles. The first-order valence-electron chi connectivity index (χ1n) is 8.05. The van der Waals surface area contributed by atoms with Crippen LogP contribution in [0.25, 0.3) is 11.3 Å². The minimum Gasteiger partial charge on any atom is -0.372 e. The monoisotopic (exact) mass is 504 g/mol. The Bertz CT molecular complexity index is 774. The number of anilines is 1. The Morgan fingerprint density at radius 1 is 1.17 bits per heavy atom. The van der Waals surface area contributed by atoms with Crippen molar-refractivity contribution in [2.45, 2.75) is 32.1 Å². The zero-order valence-electron chi connectivity index (χ0n) is 13.2. The van der Waals surface area contributed by atoms with Gasteiger partial charge in [-0.15, -0.1) is 12.1 Å². The molecule has 0 unspecified atom stereocenters. The molecular formula is C19H17F2IrN2-. The Morgan fingerprint density at radius 2 is 1.88 bits per heavy atom. The van der Waals surface area contributed by atoms with Gasteiger partial charge < -0.3 is 9.88 Å². The summed E-state index contributed by atoms with van der Waals surface area (Å²) >= 11 is 0. The van der Waals surface area contributed by atoms with Crippen LogP contribution in [-0.4, -0.2) is 18.1 Å². The maximum Gasteiger partial charge on any atom is 0.0408 e. The van der Waals surface area contributed by atoms with E-state index < -0.39 is 11.6 Å². The molecule has 0 aliphatic carbocycles. The number of rotatable bonds is 2. The van der Waals surface area contributed by atoms with Crippen LogP contribution in [0.2, 0.25) is 0 Å². The van der Waals surface area contributed by atoms with Crippen molar-refractivity contribution in [2.24, 2.45) is 0 Å². The van der Waals surface area contributed by atoms with Crippen LogP contribution in [0.5, 0.6) is 0 Å². The third-order valence-electron chi connectivity index (χ3n) is 4.77. The molecule has 0 saturated carbocycles. The van der Waals surface area contributed by atoms with Gasteiger partial charge in [0.25, 0.3) is 0 Å². The van der Waals surface area contributed by atoms with Gasteiger partial charge >= 0.3 is 0 Å². The van der Waals surface area contributed by atoms with Crippen LogP contribution < -0.4 is 4.90 Å². The molecule has 2 aliphatic heterocycles. The Balaban J connectivity index is 0.00000169. The topological polar surface area (TPSA) is 16.1 Å². The molecule has 0 spiro atoms. The summed E-state index contributed by atoms with van der Waals surface area (Å²) in [6, 6.07) is 4.77. The van der Waals surface area contributed by atoms with Gasteiger partial charge in [-0.2, -0.15) is 0 Å². The summed E-state index contributed by atoms with van der Waals surface area (Å²) in [6.45, 7) is 7.93. The molecule has 2 aliphatic rings. The van der Waals surface area contributed by atoms with E-state index in [-0.39, 0.29) is 25.7 Å². The Hall–Kier alpha value is -1.32. The average Bonchev–Trinajstić information content (AvgIpc) is 2.56. The van der Waals surface area contributed by atoms with E-state index in [9.17, 15) is 8.78 Å². The molecule has 0 bridgehead atoms. The molecule has 4 rings (SSSR count). The van der Waals surface area contributed by atoms with Crippen molar-refractivity contribution in [2.75, 3.05) is 18.0 Å². The predicted molar refractivity (Wildman–Crippen MR) is 85.3 cm³/mol. The second kappa shape index (κ2) is 6.89. The first-order valence-corrected chi connectivity index (χ1v) is 8.05. The summed E-state index contributed by atoms with van der Waals surface area (Å²) in [5.74, 6) is -1.25. The van der Waals surface area contributed by atoms with Gasteiger partial charge in [-0.1, -0.05) is 11.6 Å². The van der Waals surface area contributed by atoms with Crippen LogP contribution in [0.4, 0.5) is 14.5 Å². The van der Waals surface area contributed by atoms with E-state index in [0.29, 0.717) is 12.1 Å². The van der Waals surface area contributed by atoms with Crippen LogP contribution in [0.3, 0.4) is 0 Å². The summed E-state index contributed by atoms with van der Waals surface area (Å²) in [7, 11) is 0. The van der Waals surface area contributed by atoms with E-state index in [1.165, 1.54) is 11.3 Å². The maximum atomic E-state index is 14.3. The second-order valence-corrected chi connectivity index (χ2v) is 6.15. The number of hydrogen-bond donors (Lipinski definition) is 0. The fourth-order valence-corrected chi connectivity index (χ4v) is 3.81. The molecule has 24 heavy (non-hydrogen) atoms. The summed E-state index contributed by atoms with van der Waals surface area (Å²) in [5, 5.41) is 0. The molecule has 3 heterocycles. The third-order valence-corrected chi connectivity index (χ3v) is 4.77.